The molecule has 3 aromatic carbocycles. The highest BCUT2D eigenvalue weighted by atomic mass is 35.5. The summed E-state index contributed by atoms with van der Waals surface area (Å²) in [7, 11) is -2.93. The van der Waals surface area contributed by atoms with Crippen LogP contribution in [0.25, 0.3) is 0 Å². The first-order valence-electron chi connectivity index (χ1n) is 13.8. The van der Waals surface area contributed by atoms with Gasteiger partial charge in [0.25, 0.3) is 10.0 Å². The second kappa shape index (κ2) is 15.1. The summed E-state index contributed by atoms with van der Waals surface area (Å²) in [5.74, 6) is -0.836. The Morgan fingerprint density at radius 1 is 0.953 bits per heavy atom. The molecule has 0 saturated heterocycles. The maximum atomic E-state index is 14.3. The summed E-state index contributed by atoms with van der Waals surface area (Å²) in [6.45, 7) is 6.62. The van der Waals surface area contributed by atoms with E-state index in [9.17, 15) is 18.0 Å². The van der Waals surface area contributed by atoms with Crippen LogP contribution in [0.15, 0.2) is 65.6 Å². The highest BCUT2D eigenvalue weighted by molar-refractivity contribution is 7.92. The number of anilines is 1. The number of halogens is 3. The number of hydrogen-bond acceptors (Lipinski definition) is 5. The Balaban J connectivity index is 2.17. The van der Waals surface area contributed by atoms with Gasteiger partial charge in [-0.3, -0.25) is 13.9 Å². The minimum absolute atomic E-state index is 0.0322. The fourth-order valence-corrected chi connectivity index (χ4v) is 6.52. The molecule has 8 nitrogen and oxygen atoms in total. The second-order valence-electron chi connectivity index (χ2n) is 10.1. The van der Waals surface area contributed by atoms with Gasteiger partial charge in [-0.2, -0.15) is 0 Å². The van der Waals surface area contributed by atoms with Crippen LogP contribution in [0.4, 0.5) is 5.69 Å². The van der Waals surface area contributed by atoms with E-state index in [-0.39, 0.29) is 46.3 Å². The highest BCUT2D eigenvalue weighted by Crippen LogP contribution is 2.35. The molecule has 0 aliphatic carbocycles. The Kier molecular flexibility index (Phi) is 12.2. The van der Waals surface area contributed by atoms with Gasteiger partial charge in [-0.15, -0.1) is 0 Å². The van der Waals surface area contributed by atoms with Crippen molar-refractivity contribution in [2.75, 3.05) is 18.0 Å². The van der Waals surface area contributed by atoms with Crippen molar-refractivity contribution in [1.82, 2.24) is 10.2 Å². The first kappa shape index (κ1) is 34.5. The van der Waals surface area contributed by atoms with Crippen molar-refractivity contribution in [3.8, 4) is 5.75 Å². The molecule has 0 bridgehead atoms. The number of methoxy groups -OCH3 is 1. The highest BCUT2D eigenvalue weighted by Gasteiger charge is 2.35. The summed E-state index contributed by atoms with van der Waals surface area (Å²) in [6.07, 6.45) is 0.935. The zero-order valence-corrected chi connectivity index (χ0v) is 27.8. The van der Waals surface area contributed by atoms with Crippen LogP contribution < -0.4 is 14.4 Å². The van der Waals surface area contributed by atoms with Crippen molar-refractivity contribution in [3.05, 3.63) is 86.9 Å². The minimum atomic E-state index is -4.32. The summed E-state index contributed by atoms with van der Waals surface area (Å²) in [6, 6.07) is 14.6. The van der Waals surface area contributed by atoms with E-state index in [2.05, 4.69) is 5.32 Å². The van der Waals surface area contributed by atoms with E-state index in [1.54, 1.807) is 43.3 Å². The first-order valence-corrected chi connectivity index (χ1v) is 16.4. The molecule has 0 unspecified atom stereocenters. The Morgan fingerprint density at radius 2 is 1.58 bits per heavy atom. The number of aryl methyl sites for hydroxylation is 1. The van der Waals surface area contributed by atoms with Crippen LogP contribution in [0.5, 0.6) is 5.75 Å². The molecule has 12 heteroatoms. The fourth-order valence-electron chi connectivity index (χ4n) is 4.42. The molecule has 0 saturated carbocycles. The van der Waals surface area contributed by atoms with Gasteiger partial charge in [0, 0.05) is 33.2 Å². The molecular weight excluding hydrogens is 633 g/mol. The summed E-state index contributed by atoms with van der Waals surface area (Å²) in [4.78, 5) is 29.1. The molecule has 0 aliphatic heterocycles. The molecule has 0 aromatic heterocycles. The number of hydrogen-bond donors (Lipinski definition) is 1. The third-order valence-corrected chi connectivity index (χ3v) is 9.79. The molecule has 0 spiro atoms. The van der Waals surface area contributed by atoms with Crippen molar-refractivity contribution in [3.63, 3.8) is 0 Å². The third-order valence-electron chi connectivity index (χ3n) is 7.07. The van der Waals surface area contributed by atoms with Gasteiger partial charge in [0.15, 0.2) is 0 Å². The van der Waals surface area contributed by atoms with E-state index in [1.165, 1.54) is 36.3 Å². The SMILES string of the molecule is CC[C@H](C)NC(=O)[C@H](CC)N(Cc1c(Cl)cccc1Cl)C(=O)CN(c1cc(Cl)ccc1OC)S(=O)(=O)c1ccc(C)cc1. The number of rotatable bonds is 13. The molecule has 0 fully saturated rings. The lowest BCUT2D eigenvalue weighted by Crippen LogP contribution is -2.53. The first-order chi connectivity index (χ1) is 20.3. The predicted molar refractivity (Wildman–Crippen MR) is 173 cm³/mol. The van der Waals surface area contributed by atoms with E-state index in [0.29, 0.717) is 22.0 Å². The van der Waals surface area contributed by atoms with Gasteiger partial charge in [-0.25, -0.2) is 8.42 Å². The molecular formula is C31H36Cl3N3O5S. The second-order valence-corrected chi connectivity index (χ2v) is 13.2. The quantitative estimate of drug-likeness (QED) is 0.214. The van der Waals surface area contributed by atoms with E-state index < -0.39 is 28.5 Å². The van der Waals surface area contributed by atoms with Crippen LogP contribution in [0.1, 0.15) is 44.7 Å². The van der Waals surface area contributed by atoms with E-state index in [1.807, 2.05) is 20.8 Å². The maximum absolute atomic E-state index is 14.3. The van der Waals surface area contributed by atoms with Crippen LogP contribution in [0, 0.1) is 6.92 Å². The topological polar surface area (TPSA) is 96.0 Å². The lowest BCUT2D eigenvalue weighted by molar-refractivity contribution is -0.140. The smallest absolute Gasteiger partial charge is 0.264 e. The van der Waals surface area contributed by atoms with Gasteiger partial charge in [0.05, 0.1) is 17.7 Å². The number of ether oxygens (including phenoxy) is 1. The fraction of sp³-hybridized carbons (Fsp3) is 0.355. The molecule has 2 atom stereocenters. The lowest BCUT2D eigenvalue weighted by atomic mass is 10.1. The van der Waals surface area contributed by atoms with Crippen LogP contribution in [-0.4, -0.2) is 50.9 Å². The molecule has 232 valence electrons. The van der Waals surface area contributed by atoms with E-state index >= 15 is 0 Å². The van der Waals surface area contributed by atoms with E-state index in [0.717, 1.165) is 9.87 Å². The van der Waals surface area contributed by atoms with Crippen molar-refractivity contribution in [2.24, 2.45) is 0 Å². The maximum Gasteiger partial charge on any atom is 0.264 e. The van der Waals surface area contributed by atoms with Gasteiger partial charge in [0.1, 0.15) is 18.3 Å². The number of nitrogens with zero attached hydrogens (tertiary/aromatic N) is 2. The van der Waals surface area contributed by atoms with Gasteiger partial charge < -0.3 is 15.0 Å². The molecule has 43 heavy (non-hydrogen) atoms. The number of nitrogens with one attached hydrogen (secondary N) is 1. The minimum Gasteiger partial charge on any atom is -0.495 e. The van der Waals surface area contributed by atoms with Gasteiger partial charge in [-0.1, -0.05) is 72.4 Å². The van der Waals surface area contributed by atoms with Gasteiger partial charge in [-0.05, 0) is 69.2 Å². The van der Waals surface area contributed by atoms with Crippen molar-refractivity contribution in [2.45, 2.75) is 64.1 Å². The third kappa shape index (κ3) is 8.35. The van der Waals surface area contributed by atoms with Crippen LogP contribution in [0.3, 0.4) is 0 Å². The van der Waals surface area contributed by atoms with Crippen LogP contribution in [-0.2, 0) is 26.2 Å². The predicted octanol–water partition coefficient (Wildman–Crippen LogP) is 6.88. The summed E-state index contributed by atoms with van der Waals surface area (Å²) >= 11 is 19.3. The molecule has 3 aromatic rings. The Labute approximate surface area is 268 Å². The average molecular weight is 669 g/mol. The summed E-state index contributed by atoms with van der Waals surface area (Å²) in [5, 5.41) is 3.79. The average Bonchev–Trinajstić information content (AvgIpc) is 2.97. The molecule has 1 N–H and O–H groups in total. The summed E-state index contributed by atoms with van der Waals surface area (Å²) < 4.78 is 34.7. The monoisotopic (exact) mass is 667 g/mol. The Morgan fingerprint density at radius 3 is 2.14 bits per heavy atom. The molecule has 3 rings (SSSR count). The Hall–Kier alpha value is -2.98. The van der Waals surface area contributed by atoms with Crippen LogP contribution >= 0.6 is 34.8 Å². The van der Waals surface area contributed by atoms with Crippen molar-refractivity contribution < 1.29 is 22.7 Å². The zero-order valence-electron chi connectivity index (χ0n) is 24.7. The number of carbonyl (C=O) groups is 2. The number of amides is 2. The normalized spacial score (nSPS) is 12.7. The largest absolute Gasteiger partial charge is 0.495 e. The van der Waals surface area contributed by atoms with Gasteiger partial charge >= 0.3 is 0 Å². The molecule has 2 amide bonds. The zero-order chi connectivity index (χ0) is 31.9. The standard InChI is InChI=1S/C31H36Cl3N3O5S/c1-6-21(4)35-31(39)27(7-2)36(18-24-25(33)9-8-10-26(24)34)30(38)19-37(28-17-22(32)13-16-29(28)42-5)43(40,41)23-14-11-20(3)12-15-23/h8-17,21,27H,6-7,18-19H2,1-5H3,(H,35,39)/t21-,27-/m0/s1. The summed E-state index contributed by atoms with van der Waals surface area (Å²) in [5.41, 5.74) is 1.36. The molecule has 0 radical (unpaired) electrons. The van der Waals surface area contributed by atoms with Crippen molar-refractivity contribution in [1.29, 1.82) is 0 Å². The van der Waals surface area contributed by atoms with Crippen molar-refractivity contribution >= 4 is 62.3 Å². The van der Waals surface area contributed by atoms with Gasteiger partial charge in [0.2, 0.25) is 11.8 Å². The number of sulfonamides is 1. The molecule has 0 aliphatic rings. The number of carbonyl (C=O) groups excluding carboxylic acids is 2. The van der Waals surface area contributed by atoms with Crippen LogP contribution in [0.2, 0.25) is 15.1 Å². The van der Waals surface area contributed by atoms with E-state index in [4.69, 9.17) is 39.5 Å². The Bertz CT molecular complexity index is 1530. The number of benzene rings is 3. The molecule has 0 heterocycles. The lowest BCUT2D eigenvalue weighted by Gasteiger charge is -2.34.